The molecule has 1 rings (SSSR count). The quantitative estimate of drug-likeness (QED) is 0.687. The average molecular weight is 247 g/mol. The number of hydrogen-bond donors (Lipinski definition) is 1. The Morgan fingerprint density at radius 1 is 0.889 bits per heavy atom. The standard InChI is InChI=1S/C17H29N/c1-5-14-12-15(6-2)17(16(7-3)13-14)10-8-9-11-18-4/h12-13,18H,5-11H2,1-4H3. The summed E-state index contributed by atoms with van der Waals surface area (Å²) in [4.78, 5) is 0. The molecule has 0 bridgehead atoms. The van der Waals surface area contributed by atoms with Gasteiger partial charge in [-0.25, -0.2) is 0 Å². The summed E-state index contributed by atoms with van der Waals surface area (Å²) in [5, 5.41) is 3.23. The third kappa shape index (κ3) is 4.13. The third-order valence-electron chi connectivity index (χ3n) is 3.77. The lowest BCUT2D eigenvalue weighted by Gasteiger charge is -2.15. The van der Waals surface area contributed by atoms with Crippen molar-refractivity contribution in [3.63, 3.8) is 0 Å². The highest BCUT2D eigenvalue weighted by atomic mass is 14.8. The van der Waals surface area contributed by atoms with Crippen molar-refractivity contribution in [2.45, 2.75) is 59.3 Å². The zero-order valence-electron chi connectivity index (χ0n) is 12.6. The van der Waals surface area contributed by atoms with Crippen LogP contribution in [0.25, 0.3) is 0 Å². The molecule has 0 radical (unpaired) electrons. The summed E-state index contributed by atoms with van der Waals surface area (Å²) in [6, 6.07) is 4.85. The van der Waals surface area contributed by atoms with Crippen molar-refractivity contribution in [2.24, 2.45) is 0 Å². The predicted octanol–water partition coefficient (Wildman–Crippen LogP) is 3.92. The van der Waals surface area contributed by atoms with Gasteiger partial charge < -0.3 is 5.32 Å². The smallest absolute Gasteiger partial charge is 0.00518 e. The molecule has 0 aliphatic carbocycles. The van der Waals surface area contributed by atoms with Gasteiger partial charge in [0.25, 0.3) is 0 Å². The van der Waals surface area contributed by atoms with Crippen molar-refractivity contribution in [3.05, 3.63) is 34.4 Å². The Hall–Kier alpha value is -0.820. The van der Waals surface area contributed by atoms with Crippen LogP contribution in [0, 0.1) is 0 Å². The maximum absolute atomic E-state index is 3.23. The number of aryl methyl sites for hydroxylation is 3. The Morgan fingerprint density at radius 2 is 1.50 bits per heavy atom. The highest BCUT2D eigenvalue weighted by molar-refractivity contribution is 5.39. The van der Waals surface area contributed by atoms with Crippen molar-refractivity contribution in [2.75, 3.05) is 13.6 Å². The molecule has 0 aromatic heterocycles. The number of hydrogen-bond acceptors (Lipinski definition) is 1. The van der Waals surface area contributed by atoms with E-state index in [-0.39, 0.29) is 0 Å². The maximum atomic E-state index is 3.23. The van der Waals surface area contributed by atoms with E-state index in [9.17, 15) is 0 Å². The van der Waals surface area contributed by atoms with Crippen LogP contribution in [-0.2, 0) is 25.7 Å². The van der Waals surface area contributed by atoms with Gasteiger partial charge in [-0.2, -0.15) is 0 Å². The van der Waals surface area contributed by atoms with Crippen molar-refractivity contribution >= 4 is 0 Å². The first-order chi connectivity index (χ1) is 8.76. The summed E-state index contributed by atoms with van der Waals surface area (Å²) in [5.74, 6) is 0. The molecule has 1 aromatic rings. The molecule has 0 aliphatic rings. The van der Waals surface area contributed by atoms with Crippen molar-refractivity contribution in [1.29, 1.82) is 0 Å². The lowest BCUT2D eigenvalue weighted by atomic mass is 9.90. The minimum Gasteiger partial charge on any atom is -0.320 e. The molecule has 0 saturated heterocycles. The molecule has 0 spiro atoms. The predicted molar refractivity (Wildman–Crippen MR) is 81.4 cm³/mol. The van der Waals surface area contributed by atoms with Gasteiger partial charge in [-0.05, 0) is 74.4 Å². The molecular formula is C17H29N. The zero-order chi connectivity index (χ0) is 13.4. The van der Waals surface area contributed by atoms with E-state index in [4.69, 9.17) is 0 Å². The molecule has 0 saturated carbocycles. The Morgan fingerprint density at radius 3 is 1.94 bits per heavy atom. The SMILES string of the molecule is CCc1cc(CC)c(CCCCNC)c(CC)c1. The molecule has 102 valence electrons. The molecule has 0 atom stereocenters. The molecule has 0 fully saturated rings. The van der Waals surface area contributed by atoms with E-state index in [0.717, 1.165) is 13.0 Å². The molecule has 1 aromatic carbocycles. The van der Waals surface area contributed by atoms with E-state index in [1.54, 1.807) is 16.7 Å². The molecule has 1 heteroatoms. The van der Waals surface area contributed by atoms with E-state index in [2.05, 4.69) is 38.2 Å². The van der Waals surface area contributed by atoms with Crippen LogP contribution in [0.4, 0.5) is 0 Å². The van der Waals surface area contributed by atoms with Gasteiger partial charge in [-0.3, -0.25) is 0 Å². The van der Waals surface area contributed by atoms with E-state index in [1.165, 1.54) is 37.7 Å². The summed E-state index contributed by atoms with van der Waals surface area (Å²) in [7, 11) is 2.03. The number of unbranched alkanes of at least 4 members (excludes halogenated alkanes) is 1. The number of benzene rings is 1. The molecule has 18 heavy (non-hydrogen) atoms. The van der Waals surface area contributed by atoms with Gasteiger partial charge in [-0.1, -0.05) is 32.9 Å². The van der Waals surface area contributed by atoms with Crippen LogP contribution in [0.15, 0.2) is 12.1 Å². The molecule has 0 unspecified atom stereocenters. The summed E-state index contributed by atoms with van der Waals surface area (Å²) in [5.41, 5.74) is 6.29. The average Bonchev–Trinajstić information content (AvgIpc) is 2.42. The molecule has 0 heterocycles. The molecule has 0 aliphatic heterocycles. The Kier molecular flexibility index (Phi) is 7.04. The summed E-state index contributed by atoms with van der Waals surface area (Å²) >= 11 is 0. The van der Waals surface area contributed by atoms with Gasteiger partial charge in [-0.15, -0.1) is 0 Å². The first-order valence-corrected chi connectivity index (χ1v) is 7.54. The van der Waals surface area contributed by atoms with Crippen molar-refractivity contribution in [1.82, 2.24) is 5.32 Å². The van der Waals surface area contributed by atoms with Crippen molar-refractivity contribution in [3.8, 4) is 0 Å². The van der Waals surface area contributed by atoms with Crippen LogP contribution in [0.2, 0.25) is 0 Å². The van der Waals surface area contributed by atoms with E-state index in [1.807, 2.05) is 7.05 Å². The van der Waals surface area contributed by atoms with Crippen LogP contribution in [0.1, 0.15) is 55.9 Å². The third-order valence-corrected chi connectivity index (χ3v) is 3.77. The van der Waals surface area contributed by atoms with Gasteiger partial charge in [0, 0.05) is 0 Å². The van der Waals surface area contributed by atoms with Gasteiger partial charge in [0.15, 0.2) is 0 Å². The van der Waals surface area contributed by atoms with Gasteiger partial charge in [0.05, 0.1) is 0 Å². The monoisotopic (exact) mass is 247 g/mol. The molecule has 1 N–H and O–H groups in total. The topological polar surface area (TPSA) is 12.0 Å². The van der Waals surface area contributed by atoms with Crippen LogP contribution < -0.4 is 5.32 Å². The Balaban J connectivity index is 2.85. The Bertz CT molecular complexity index is 330. The molecule has 1 nitrogen and oxygen atoms in total. The minimum absolute atomic E-state index is 1.13. The van der Waals surface area contributed by atoms with Crippen LogP contribution in [0.3, 0.4) is 0 Å². The lowest BCUT2D eigenvalue weighted by molar-refractivity contribution is 0.672. The largest absolute Gasteiger partial charge is 0.320 e. The summed E-state index contributed by atoms with van der Waals surface area (Å²) in [6.07, 6.45) is 7.31. The molecular weight excluding hydrogens is 218 g/mol. The first kappa shape index (κ1) is 15.2. The highest BCUT2D eigenvalue weighted by Gasteiger charge is 2.08. The highest BCUT2D eigenvalue weighted by Crippen LogP contribution is 2.22. The van der Waals surface area contributed by atoms with Crippen LogP contribution in [-0.4, -0.2) is 13.6 Å². The van der Waals surface area contributed by atoms with E-state index < -0.39 is 0 Å². The zero-order valence-corrected chi connectivity index (χ0v) is 12.6. The summed E-state index contributed by atoms with van der Waals surface area (Å²) < 4.78 is 0. The van der Waals surface area contributed by atoms with Crippen LogP contribution in [0.5, 0.6) is 0 Å². The first-order valence-electron chi connectivity index (χ1n) is 7.54. The minimum atomic E-state index is 1.13. The van der Waals surface area contributed by atoms with Crippen molar-refractivity contribution < 1.29 is 0 Å². The van der Waals surface area contributed by atoms with Crippen LogP contribution >= 0.6 is 0 Å². The lowest BCUT2D eigenvalue weighted by Crippen LogP contribution is -2.08. The second kappa shape index (κ2) is 8.31. The second-order valence-corrected chi connectivity index (χ2v) is 5.01. The fraction of sp³-hybridized carbons (Fsp3) is 0.647. The maximum Gasteiger partial charge on any atom is -0.00518 e. The number of nitrogens with one attached hydrogen (secondary N) is 1. The van der Waals surface area contributed by atoms with E-state index >= 15 is 0 Å². The van der Waals surface area contributed by atoms with E-state index in [0.29, 0.717) is 0 Å². The van der Waals surface area contributed by atoms with Gasteiger partial charge >= 0.3 is 0 Å². The van der Waals surface area contributed by atoms with Gasteiger partial charge in [0.1, 0.15) is 0 Å². The fourth-order valence-corrected chi connectivity index (χ4v) is 2.63. The fourth-order valence-electron chi connectivity index (χ4n) is 2.63. The summed E-state index contributed by atoms with van der Waals surface area (Å²) in [6.45, 7) is 7.95. The number of rotatable bonds is 8. The normalized spacial score (nSPS) is 10.9. The Labute approximate surface area is 113 Å². The second-order valence-electron chi connectivity index (χ2n) is 5.01. The van der Waals surface area contributed by atoms with Gasteiger partial charge in [0.2, 0.25) is 0 Å². The molecule has 0 amide bonds.